The average molecular weight is 465 g/mol. The maximum Gasteiger partial charge on any atom is 0.265 e. The van der Waals surface area contributed by atoms with Crippen LogP contribution in [0.5, 0.6) is 0 Å². The Labute approximate surface area is 183 Å². The molecule has 3 nitrogen and oxygen atoms in total. The minimum Gasteiger partial charge on any atom is -1.00 e. The Bertz CT molecular complexity index is 893. The number of hydrogen-bond donors (Lipinski definition) is 0. The van der Waals surface area contributed by atoms with Gasteiger partial charge in [0.05, 0.1) is 6.07 Å². The number of amides is 1. The van der Waals surface area contributed by atoms with Crippen molar-refractivity contribution in [3.05, 3.63) is 91.0 Å². The lowest BCUT2D eigenvalue weighted by molar-refractivity contribution is -0.126. The molecule has 0 spiro atoms. The van der Waals surface area contributed by atoms with Gasteiger partial charge in [-0.3, -0.25) is 4.79 Å². The molecule has 1 atom stereocenters. The van der Waals surface area contributed by atoms with Crippen molar-refractivity contribution < 1.29 is 21.8 Å². The maximum atomic E-state index is 13.5. The topological polar surface area (TPSA) is 44.1 Å². The smallest absolute Gasteiger partial charge is 0.265 e. The molecule has 3 aromatic carbocycles. The van der Waals surface area contributed by atoms with Gasteiger partial charge < -0.3 is 21.9 Å². The first-order valence-corrected chi connectivity index (χ1v) is 11.4. The van der Waals surface area contributed by atoms with E-state index >= 15 is 0 Å². The maximum absolute atomic E-state index is 13.5. The molecule has 1 aliphatic rings. The second-order valence-corrected chi connectivity index (χ2v) is 10.6. The molecule has 146 valence electrons. The van der Waals surface area contributed by atoms with Gasteiger partial charge in [-0.1, -0.05) is 54.6 Å². The lowest BCUT2D eigenvalue weighted by Gasteiger charge is -2.31. The number of rotatable bonds is 5. The minimum absolute atomic E-state index is 0. The van der Waals surface area contributed by atoms with Crippen LogP contribution in [0.25, 0.3) is 0 Å². The van der Waals surface area contributed by atoms with Gasteiger partial charge in [-0.25, -0.2) is 0 Å². The summed E-state index contributed by atoms with van der Waals surface area (Å²) in [6, 6.07) is 33.5. The Kier molecular flexibility index (Phi) is 6.85. The molecule has 1 amide bonds. The summed E-state index contributed by atoms with van der Waals surface area (Å²) in [4.78, 5) is 15.2. The summed E-state index contributed by atoms with van der Waals surface area (Å²) < 4.78 is 0. The Hall–Kier alpha value is -2.47. The molecule has 5 heteroatoms. The van der Waals surface area contributed by atoms with Gasteiger partial charge in [0, 0.05) is 13.0 Å². The first-order valence-electron chi connectivity index (χ1n) is 9.50. The quantitative estimate of drug-likeness (QED) is 0.397. The standard InChI is InChI=1S/C24H22N2OP.BrH/c25-17-19-26-18-16-23(24(26)27)28(20-10-4-1-5-11-20,21-12-6-2-7-13-21)22-14-8-3-9-15-22;/h1-15,23H,16,18-19H2;1H/q+1;/p-1. The van der Waals surface area contributed by atoms with E-state index < -0.39 is 7.26 Å². The van der Waals surface area contributed by atoms with E-state index in [1.807, 2.05) is 18.2 Å². The fourth-order valence-corrected chi connectivity index (χ4v) is 9.20. The van der Waals surface area contributed by atoms with Gasteiger partial charge in [-0.05, 0) is 36.4 Å². The van der Waals surface area contributed by atoms with Crippen LogP contribution in [0.2, 0.25) is 0 Å². The van der Waals surface area contributed by atoms with Gasteiger partial charge >= 0.3 is 0 Å². The summed E-state index contributed by atoms with van der Waals surface area (Å²) in [5.41, 5.74) is -0.145. The van der Waals surface area contributed by atoms with Crippen LogP contribution >= 0.6 is 7.26 Å². The van der Waals surface area contributed by atoms with Crippen LogP contribution in [-0.2, 0) is 4.79 Å². The molecule has 1 fully saturated rings. The molecule has 1 heterocycles. The first kappa shape index (κ1) is 21.2. The molecule has 3 aromatic rings. The fraction of sp³-hybridized carbons (Fsp3) is 0.167. The second-order valence-electron chi connectivity index (χ2n) is 6.95. The monoisotopic (exact) mass is 464 g/mol. The second kappa shape index (κ2) is 9.35. The van der Waals surface area contributed by atoms with Crippen molar-refractivity contribution >= 4 is 29.1 Å². The van der Waals surface area contributed by atoms with Gasteiger partial charge in [0.25, 0.3) is 5.91 Å². The van der Waals surface area contributed by atoms with E-state index in [9.17, 15) is 4.79 Å². The molecule has 0 aliphatic carbocycles. The Morgan fingerprint density at radius 2 is 1.24 bits per heavy atom. The summed E-state index contributed by atoms with van der Waals surface area (Å²) in [5.74, 6) is 0.103. The van der Waals surface area contributed by atoms with E-state index in [2.05, 4.69) is 78.9 Å². The van der Waals surface area contributed by atoms with E-state index in [4.69, 9.17) is 5.26 Å². The van der Waals surface area contributed by atoms with Crippen LogP contribution in [0.4, 0.5) is 0 Å². The van der Waals surface area contributed by atoms with Gasteiger partial charge in [0.15, 0.2) is 5.66 Å². The number of nitrogens with zero attached hydrogens (tertiary/aromatic N) is 2. The van der Waals surface area contributed by atoms with Crippen LogP contribution in [0.1, 0.15) is 6.42 Å². The minimum atomic E-state index is -2.22. The van der Waals surface area contributed by atoms with Crippen molar-refractivity contribution in [2.24, 2.45) is 0 Å². The van der Waals surface area contributed by atoms with Gasteiger partial charge in [-0.15, -0.1) is 0 Å². The largest absolute Gasteiger partial charge is 1.00 e. The highest BCUT2D eigenvalue weighted by Crippen LogP contribution is 2.62. The summed E-state index contributed by atoms with van der Waals surface area (Å²) in [6.07, 6.45) is 0.771. The summed E-state index contributed by atoms with van der Waals surface area (Å²) in [5, 5.41) is 12.8. The van der Waals surface area contributed by atoms with Crippen molar-refractivity contribution in [2.45, 2.75) is 12.1 Å². The van der Waals surface area contributed by atoms with Crippen molar-refractivity contribution in [1.82, 2.24) is 4.90 Å². The zero-order valence-electron chi connectivity index (χ0n) is 16.0. The van der Waals surface area contributed by atoms with Crippen molar-refractivity contribution in [3.63, 3.8) is 0 Å². The van der Waals surface area contributed by atoms with E-state index in [0.29, 0.717) is 6.54 Å². The number of halogens is 1. The molecule has 0 bridgehead atoms. The number of nitriles is 1. The third-order valence-corrected chi connectivity index (χ3v) is 10.2. The summed E-state index contributed by atoms with van der Waals surface area (Å²) in [6.45, 7) is 0.805. The highest BCUT2D eigenvalue weighted by molar-refractivity contribution is 7.96. The molecule has 1 aliphatic heterocycles. The highest BCUT2D eigenvalue weighted by atomic mass is 79.9. The van der Waals surface area contributed by atoms with Crippen LogP contribution in [0, 0.1) is 11.3 Å². The Morgan fingerprint density at radius 1 is 0.828 bits per heavy atom. The molecule has 0 saturated carbocycles. The predicted molar refractivity (Wildman–Crippen MR) is 116 cm³/mol. The lowest BCUT2D eigenvalue weighted by Crippen LogP contribution is -3.00. The first-order chi connectivity index (χ1) is 13.8. The third kappa shape index (κ3) is 3.73. The van der Waals surface area contributed by atoms with Crippen LogP contribution in [0.3, 0.4) is 0 Å². The zero-order valence-corrected chi connectivity index (χ0v) is 18.5. The molecular weight excluding hydrogens is 443 g/mol. The number of carbonyl (C=O) groups is 1. The molecule has 4 rings (SSSR count). The zero-order chi connectivity index (χ0) is 19.4. The van der Waals surface area contributed by atoms with Crippen LogP contribution in [-0.4, -0.2) is 29.6 Å². The molecule has 0 aromatic heterocycles. The van der Waals surface area contributed by atoms with Crippen molar-refractivity contribution in [2.75, 3.05) is 13.1 Å². The normalized spacial score (nSPS) is 16.2. The molecule has 1 saturated heterocycles. The van der Waals surface area contributed by atoms with E-state index in [-0.39, 0.29) is 35.1 Å². The van der Waals surface area contributed by atoms with Crippen molar-refractivity contribution in [1.29, 1.82) is 5.26 Å². The van der Waals surface area contributed by atoms with E-state index in [1.165, 1.54) is 15.9 Å². The molecular formula is C24H22BrN2OP. The van der Waals surface area contributed by atoms with Gasteiger partial charge in [-0.2, -0.15) is 5.26 Å². The van der Waals surface area contributed by atoms with E-state index in [1.54, 1.807) is 4.90 Å². The number of benzene rings is 3. The summed E-state index contributed by atoms with van der Waals surface area (Å²) in [7, 11) is -2.22. The Morgan fingerprint density at radius 3 is 1.62 bits per heavy atom. The van der Waals surface area contributed by atoms with E-state index in [0.717, 1.165) is 6.42 Å². The third-order valence-electron chi connectivity index (χ3n) is 5.49. The number of hydrogen-bond acceptors (Lipinski definition) is 2. The number of carbonyl (C=O) groups excluding carboxylic acids is 1. The fourth-order valence-electron chi connectivity index (χ4n) is 4.30. The van der Waals surface area contributed by atoms with Gasteiger partial charge in [0.1, 0.15) is 29.7 Å². The van der Waals surface area contributed by atoms with Crippen LogP contribution in [0.15, 0.2) is 91.0 Å². The molecule has 0 radical (unpaired) electrons. The Balaban J connectivity index is 0.00000240. The predicted octanol–water partition coefficient (Wildman–Crippen LogP) is 0.109. The summed E-state index contributed by atoms with van der Waals surface area (Å²) >= 11 is 0. The SMILES string of the molecule is N#CCN1CCC([P+](c2ccccc2)(c2ccccc2)c2ccccc2)C1=O.[Br-]. The molecule has 29 heavy (non-hydrogen) atoms. The van der Waals surface area contributed by atoms with Crippen LogP contribution < -0.4 is 32.9 Å². The molecule has 1 unspecified atom stereocenters. The number of likely N-dealkylation sites (tertiary alicyclic amines) is 1. The van der Waals surface area contributed by atoms with Gasteiger partial charge in [0.2, 0.25) is 0 Å². The average Bonchev–Trinajstić information content (AvgIpc) is 3.12. The highest BCUT2D eigenvalue weighted by Gasteiger charge is 2.58. The molecule has 0 N–H and O–H groups in total. The lowest BCUT2D eigenvalue weighted by atomic mass is 10.3. The van der Waals surface area contributed by atoms with Crippen molar-refractivity contribution in [3.8, 4) is 6.07 Å².